The summed E-state index contributed by atoms with van der Waals surface area (Å²) in [6.45, 7) is 4.29. The van der Waals surface area contributed by atoms with Crippen LogP contribution in [0.2, 0.25) is 0 Å². The van der Waals surface area contributed by atoms with Crippen molar-refractivity contribution in [2.24, 2.45) is 0 Å². The molecule has 0 radical (unpaired) electrons. The third kappa shape index (κ3) is 4.50. The van der Waals surface area contributed by atoms with Gasteiger partial charge in [-0.05, 0) is 49.8 Å². The first-order valence-electron chi connectivity index (χ1n) is 11.3. The van der Waals surface area contributed by atoms with Gasteiger partial charge in [-0.2, -0.15) is 5.10 Å². The van der Waals surface area contributed by atoms with Crippen LogP contribution < -0.4 is 24.4 Å². The molecule has 0 saturated heterocycles. The number of ketones is 1. The van der Waals surface area contributed by atoms with E-state index in [9.17, 15) is 14.4 Å². The third-order valence-electron chi connectivity index (χ3n) is 5.95. The van der Waals surface area contributed by atoms with Crippen LogP contribution in [0.1, 0.15) is 29.8 Å². The summed E-state index contributed by atoms with van der Waals surface area (Å²) in [4.78, 5) is 46.9. The van der Waals surface area contributed by atoms with Gasteiger partial charge in [0.25, 0.3) is 11.5 Å². The van der Waals surface area contributed by atoms with Gasteiger partial charge in [0.05, 0.1) is 21.4 Å². The Bertz CT molecular complexity index is 1600. The standard InChI is InChI=1S/C26H23N5O4S/c1-26(2,31-16-27-15-28-31)22(32)14-23-29-24(33)21(36-23)13-17-8-9-20-19(12-17)30(10-11-35-20)25(34)18-6-4-3-5-7-18/h3-9,12-16H,10-11H2,1-2H3,(H,29,33)/b21-13-,23-14+. The minimum Gasteiger partial charge on any atom is -0.490 e. The van der Waals surface area contributed by atoms with Crippen LogP contribution in [0.25, 0.3) is 12.2 Å². The molecule has 182 valence electrons. The highest BCUT2D eigenvalue weighted by molar-refractivity contribution is 7.07. The molecule has 10 heteroatoms. The minimum absolute atomic E-state index is 0.114. The van der Waals surface area contributed by atoms with Crippen molar-refractivity contribution in [3.63, 3.8) is 0 Å². The van der Waals surface area contributed by atoms with Crippen LogP contribution in [0.15, 0.2) is 66.0 Å². The lowest BCUT2D eigenvalue weighted by Crippen LogP contribution is -2.38. The van der Waals surface area contributed by atoms with Gasteiger partial charge in [-0.15, -0.1) is 11.3 Å². The molecule has 2 aromatic heterocycles. The van der Waals surface area contributed by atoms with Crippen molar-refractivity contribution in [3.05, 3.63) is 91.9 Å². The van der Waals surface area contributed by atoms with Crippen molar-refractivity contribution in [3.8, 4) is 5.75 Å². The molecule has 0 unspecified atom stereocenters. The van der Waals surface area contributed by atoms with Gasteiger partial charge in [0.1, 0.15) is 30.5 Å². The van der Waals surface area contributed by atoms with Crippen molar-refractivity contribution in [1.82, 2.24) is 19.7 Å². The van der Waals surface area contributed by atoms with Gasteiger partial charge >= 0.3 is 0 Å². The fourth-order valence-electron chi connectivity index (χ4n) is 3.85. The lowest BCUT2D eigenvalue weighted by atomic mass is 10.00. The van der Waals surface area contributed by atoms with E-state index in [-0.39, 0.29) is 17.2 Å². The molecule has 1 N–H and O–H groups in total. The Morgan fingerprint density at radius 3 is 2.72 bits per heavy atom. The molecule has 0 spiro atoms. The summed E-state index contributed by atoms with van der Waals surface area (Å²) in [5.74, 6) is 0.271. The zero-order valence-corrected chi connectivity index (χ0v) is 20.5. The zero-order chi connectivity index (χ0) is 25.3. The quantitative estimate of drug-likeness (QED) is 0.446. The number of aromatic amines is 1. The normalized spacial score (nSPS) is 14.4. The maximum atomic E-state index is 13.1. The van der Waals surface area contributed by atoms with Gasteiger partial charge in [0, 0.05) is 11.6 Å². The molecule has 0 fully saturated rings. The lowest BCUT2D eigenvalue weighted by molar-refractivity contribution is -0.120. The van der Waals surface area contributed by atoms with Gasteiger partial charge in [0.15, 0.2) is 5.78 Å². The van der Waals surface area contributed by atoms with E-state index in [2.05, 4.69) is 15.1 Å². The summed E-state index contributed by atoms with van der Waals surface area (Å²) in [7, 11) is 0. The fraction of sp³-hybridized carbons (Fsp3) is 0.192. The number of hydrogen-bond donors (Lipinski definition) is 1. The molecule has 5 rings (SSSR count). The van der Waals surface area contributed by atoms with E-state index in [4.69, 9.17) is 4.74 Å². The molecule has 4 aromatic rings. The maximum absolute atomic E-state index is 13.1. The largest absolute Gasteiger partial charge is 0.490 e. The predicted octanol–water partition coefficient (Wildman–Crippen LogP) is 1.68. The second kappa shape index (κ2) is 9.38. The average Bonchev–Trinajstić information content (AvgIpc) is 3.54. The molecule has 0 saturated carbocycles. The summed E-state index contributed by atoms with van der Waals surface area (Å²) < 4.78 is 8.10. The SMILES string of the molecule is CC(C)(C(=O)/C=c1\[nH]c(=O)/c(=C/c2ccc3c(c2)N(C(=O)c2ccccc2)CCO3)s1)n1cncn1. The van der Waals surface area contributed by atoms with Crippen molar-refractivity contribution in [2.45, 2.75) is 19.4 Å². The number of Topliss-reactive ketones (excluding diaryl/α,β-unsaturated/α-hetero) is 1. The Labute approximate surface area is 210 Å². The van der Waals surface area contributed by atoms with Gasteiger partial charge in [0.2, 0.25) is 0 Å². The molecule has 0 bridgehead atoms. The molecule has 1 aliphatic heterocycles. The number of hydrogen-bond acceptors (Lipinski definition) is 7. The maximum Gasteiger partial charge on any atom is 0.266 e. The number of aromatic nitrogens is 4. The van der Waals surface area contributed by atoms with E-state index in [1.54, 1.807) is 43.0 Å². The first kappa shape index (κ1) is 23.4. The van der Waals surface area contributed by atoms with E-state index in [0.717, 1.165) is 5.56 Å². The van der Waals surface area contributed by atoms with Crippen LogP contribution in [0.5, 0.6) is 5.75 Å². The summed E-state index contributed by atoms with van der Waals surface area (Å²) in [5.41, 5.74) is 0.720. The van der Waals surface area contributed by atoms with Crippen LogP contribution in [0.4, 0.5) is 5.69 Å². The smallest absolute Gasteiger partial charge is 0.266 e. The summed E-state index contributed by atoms with van der Waals surface area (Å²) in [6.07, 6.45) is 5.99. The highest BCUT2D eigenvalue weighted by Gasteiger charge is 2.29. The first-order chi connectivity index (χ1) is 17.3. The number of anilines is 1. The number of rotatable bonds is 5. The summed E-state index contributed by atoms with van der Waals surface area (Å²) in [5, 5.41) is 4.05. The van der Waals surface area contributed by atoms with E-state index in [0.29, 0.717) is 39.3 Å². The fourth-order valence-corrected chi connectivity index (χ4v) is 4.74. The van der Waals surface area contributed by atoms with Crippen molar-refractivity contribution in [1.29, 1.82) is 0 Å². The number of H-pyrrole nitrogens is 1. The van der Waals surface area contributed by atoms with Gasteiger partial charge in [-0.1, -0.05) is 24.3 Å². The second-order valence-corrected chi connectivity index (χ2v) is 9.82. The monoisotopic (exact) mass is 501 g/mol. The molecular formula is C26H23N5O4S. The van der Waals surface area contributed by atoms with Gasteiger partial charge in [-0.25, -0.2) is 9.67 Å². The number of ether oxygens (including phenoxy) is 1. The van der Waals surface area contributed by atoms with E-state index >= 15 is 0 Å². The highest BCUT2D eigenvalue weighted by Crippen LogP contribution is 2.33. The Kier molecular flexibility index (Phi) is 6.11. The number of amides is 1. The number of fused-ring (bicyclic) bond motifs is 1. The Morgan fingerprint density at radius 2 is 1.97 bits per heavy atom. The second-order valence-electron chi connectivity index (χ2n) is 8.74. The van der Waals surface area contributed by atoms with E-state index in [1.807, 2.05) is 30.3 Å². The lowest BCUT2D eigenvalue weighted by Gasteiger charge is -2.30. The molecule has 1 aliphatic rings. The molecule has 2 aromatic carbocycles. The number of thiazole rings is 1. The summed E-state index contributed by atoms with van der Waals surface area (Å²) >= 11 is 1.18. The van der Waals surface area contributed by atoms with Crippen LogP contribution in [-0.4, -0.2) is 44.6 Å². The third-order valence-corrected chi connectivity index (χ3v) is 6.91. The molecular weight excluding hydrogens is 478 g/mol. The molecule has 9 nitrogen and oxygen atoms in total. The van der Waals surface area contributed by atoms with Crippen LogP contribution in [0, 0.1) is 0 Å². The molecule has 0 atom stereocenters. The Balaban J connectivity index is 1.48. The molecule has 36 heavy (non-hydrogen) atoms. The molecule has 0 aliphatic carbocycles. The van der Waals surface area contributed by atoms with Crippen LogP contribution in [0.3, 0.4) is 0 Å². The molecule has 3 heterocycles. The average molecular weight is 502 g/mol. The minimum atomic E-state index is -0.950. The predicted molar refractivity (Wildman–Crippen MR) is 137 cm³/mol. The topological polar surface area (TPSA) is 110 Å². The van der Waals surface area contributed by atoms with Gasteiger partial charge < -0.3 is 14.6 Å². The van der Waals surface area contributed by atoms with E-state index in [1.165, 1.54) is 34.7 Å². The highest BCUT2D eigenvalue weighted by atomic mass is 32.1. The number of benzene rings is 2. The molecule has 1 amide bonds. The zero-order valence-electron chi connectivity index (χ0n) is 19.7. The van der Waals surface area contributed by atoms with Crippen molar-refractivity contribution < 1.29 is 14.3 Å². The van der Waals surface area contributed by atoms with Crippen molar-refractivity contribution in [2.75, 3.05) is 18.1 Å². The number of carbonyl (C=O) groups is 2. The van der Waals surface area contributed by atoms with E-state index < -0.39 is 5.54 Å². The van der Waals surface area contributed by atoms with Crippen LogP contribution >= 0.6 is 11.3 Å². The van der Waals surface area contributed by atoms with Crippen LogP contribution in [-0.2, 0) is 10.3 Å². The number of nitrogens with one attached hydrogen (secondary N) is 1. The van der Waals surface area contributed by atoms with Gasteiger partial charge in [-0.3, -0.25) is 14.4 Å². The number of carbonyl (C=O) groups excluding carboxylic acids is 2. The Hall–Kier alpha value is -4.31. The Morgan fingerprint density at radius 1 is 1.17 bits per heavy atom. The van der Waals surface area contributed by atoms with Crippen molar-refractivity contribution >= 4 is 40.9 Å². The first-order valence-corrected chi connectivity index (χ1v) is 12.1. The number of nitrogens with zero attached hydrogens (tertiary/aromatic N) is 4. The summed E-state index contributed by atoms with van der Waals surface area (Å²) in [6, 6.07) is 14.5.